The van der Waals surface area contributed by atoms with Crippen molar-refractivity contribution in [2.45, 2.75) is 19.4 Å². The Balaban J connectivity index is 1.57. The standard InChI is InChI=1S/C28H23FN2O3/c1-17-9-11-18(12-10-17)26(32)24-25(19-5-4-6-21(29)15-19)31(28(34)27(24)33)14-13-20-16-30-23-8-3-2-7-22(20)23/h2-12,15-16,25,30,32H,13-14H2,1H3/t25-/m0/s1. The summed E-state index contributed by atoms with van der Waals surface area (Å²) in [5, 5.41) is 12.1. The normalized spacial score (nSPS) is 17.6. The van der Waals surface area contributed by atoms with Gasteiger partial charge in [0.1, 0.15) is 11.6 Å². The van der Waals surface area contributed by atoms with E-state index < -0.39 is 23.5 Å². The quantitative estimate of drug-likeness (QED) is 0.245. The van der Waals surface area contributed by atoms with Crippen LogP contribution in [-0.2, 0) is 16.0 Å². The van der Waals surface area contributed by atoms with Crippen LogP contribution in [0.15, 0.2) is 84.6 Å². The molecule has 1 aliphatic heterocycles. The van der Waals surface area contributed by atoms with Gasteiger partial charge in [0.2, 0.25) is 0 Å². The van der Waals surface area contributed by atoms with Crippen molar-refractivity contribution in [2.24, 2.45) is 0 Å². The number of para-hydroxylation sites is 1. The highest BCUT2D eigenvalue weighted by Crippen LogP contribution is 2.39. The van der Waals surface area contributed by atoms with Gasteiger partial charge in [0, 0.05) is 29.2 Å². The van der Waals surface area contributed by atoms with E-state index in [1.54, 1.807) is 18.2 Å². The lowest BCUT2D eigenvalue weighted by Gasteiger charge is -2.25. The molecule has 0 aliphatic carbocycles. The smallest absolute Gasteiger partial charge is 0.295 e. The number of aromatic nitrogens is 1. The highest BCUT2D eigenvalue weighted by Gasteiger charge is 2.46. The second-order valence-electron chi connectivity index (χ2n) is 8.52. The zero-order chi connectivity index (χ0) is 23.8. The minimum atomic E-state index is -0.887. The van der Waals surface area contributed by atoms with Gasteiger partial charge in [-0.25, -0.2) is 4.39 Å². The number of rotatable bonds is 5. The van der Waals surface area contributed by atoms with E-state index in [1.807, 2.05) is 49.5 Å². The molecule has 3 aromatic carbocycles. The van der Waals surface area contributed by atoms with E-state index in [4.69, 9.17) is 0 Å². The molecule has 1 amide bonds. The van der Waals surface area contributed by atoms with Crippen LogP contribution in [0.4, 0.5) is 4.39 Å². The third-order valence-corrected chi connectivity index (χ3v) is 6.33. The number of Topliss-reactive ketones (excluding diaryl/α,β-unsaturated/α-hetero) is 1. The summed E-state index contributed by atoms with van der Waals surface area (Å²) in [5.41, 5.74) is 3.83. The molecule has 0 unspecified atom stereocenters. The van der Waals surface area contributed by atoms with Crippen molar-refractivity contribution in [1.82, 2.24) is 9.88 Å². The summed E-state index contributed by atoms with van der Waals surface area (Å²) in [7, 11) is 0. The third kappa shape index (κ3) is 3.77. The molecule has 4 aromatic rings. The van der Waals surface area contributed by atoms with Gasteiger partial charge in [-0.2, -0.15) is 0 Å². The molecule has 1 aliphatic rings. The monoisotopic (exact) mass is 454 g/mol. The van der Waals surface area contributed by atoms with E-state index in [-0.39, 0.29) is 17.9 Å². The fraction of sp³-hybridized carbons (Fsp3) is 0.143. The van der Waals surface area contributed by atoms with Gasteiger partial charge in [-0.05, 0) is 42.7 Å². The van der Waals surface area contributed by atoms with Crippen LogP contribution in [0.5, 0.6) is 0 Å². The lowest BCUT2D eigenvalue weighted by Crippen LogP contribution is -2.31. The van der Waals surface area contributed by atoms with Crippen LogP contribution in [0.3, 0.4) is 0 Å². The molecular formula is C28H23FN2O3. The number of hydrogen-bond acceptors (Lipinski definition) is 3. The SMILES string of the molecule is Cc1ccc(C(O)=C2C(=O)C(=O)N(CCc3c[nH]c4ccccc34)[C@H]2c2cccc(F)c2)cc1. The first-order valence-corrected chi connectivity index (χ1v) is 11.1. The van der Waals surface area contributed by atoms with Gasteiger partial charge >= 0.3 is 0 Å². The van der Waals surface area contributed by atoms with Gasteiger partial charge in [-0.15, -0.1) is 0 Å². The second kappa shape index (κ2) is 8.63. The number of halogens is 1. The molecule has 2 heterocycles. The number of likely N-dealkylation sites (tertiary alicyclic amines) is 1. The van der Waals surface area contributed by atoms with Crippen molar-refractivity contribution in [2.75, 3.05) is 6.54 Å². The Morgan fingerprint density at radius 3 is 2.56 bits per heavy atom. The van der Waals surface area contributed by atoms with Crippen molar-refractivity contribution in [3.63, 3.8) is 0 Å². The predicted molar refractivity (Wildman–Crippen MR) is 129 cm³/mol. The molecular weight excluding hydrogens is 431 g/mol. The minimum absolute atomic E-state index is 0.0293. The molecule has 1 saturated heterocycles. The number of nitrogens with zero attached hydrogens (tertiary/aromatic N) is 1. The molecule has 5 nitrogen and oxygen atoms in total. The molecule has 170 valence electrons. The fourth-order valence-corrected chi connectivity index (χ4v) is 4.58. The highest BCUT2D eigenvalue weighted by atomic mass is 19.1. The van der Waals surface area contributed by atoms with Gasteiger partial charge in [0.15, 0.2) is 0 Å². The van der Waals surface area contributed by atoms with Gasteiger partial charge in [-0.3, -0.25) is 9.59 Å². The van der Waals surface area contributed by atoms with Crippen LogP contribution in [-0.4, -0.2) is 33.2 Å². The average molecular weight is 455 g/mol. The van der Waals surface area contributed by atoms with Crippen LogP contribution in [0.25, 0.3) is 16.7 Å². The number of ketones is 1. The summed E-state index contributed by atoms with van der Waals surface area (Å²) < 4.78 is 14.2. The van der Waals surface area contributed by atoms with Crippen molar-refractivity contribution < 1.29 is 19.1 Å². The highest BCUT2D eigenvalue weighted by molar-refractivity contribution is 6.46. The molecule has 5 rings (SSSR count). The van der Waals surface area contributed by atoms with Gasteiger partial charge in [0.05, 0.1) is 11.6 Å². The number of carbonyl (C=O) groups excluding carboxylic acids is 2. The number of nitrogens with one attached hydrogen (secondary N) is 1. The lowest BCUT2D eigenvalue weighted by atomic mass is 9.95. The average Bonchev–Trinajstić information content (AvgIpc) is 3.36. The molecule has 0 spiro atoms. The van der Waals surface area contributed by atoms with Crippen LogP contribution in [0.2, 0.25) is 0 Å². The van der Waals surface area contributed by atoms with Crippen molar-refractivity contribution in [3.8, 4) is 0 Å². The summed E-state index contributed by atoms with van der Waals surface area (Å²) in [6.07, 6.45) is 2.39. The predicted octanol–water partition coefficient (Wildman–Crippen LogP) is 5.28. The minimum Gasteiger partial charge on any atom is -0.507 e. The number of aliphatic hydroxyl groups is 1. The number of carbonyl (C=O) groups is 2. The second-order valence-corrected chi connectivity index (χ2v) is 8.52. The first-order chi connectivity index (χ1) is 16.4. The Kier molecular flexibility index (Phi) is 5.49. The van der Waals surface area contributed by atoms with E-state index in [2.05, 4.69) is 4.98 Å². The maximum Gasteiger partial charge on any atom is 0.295 e. The number of aliphatic hydroxyl groups excluding tert-OH is 1. The van der Waals surface area contributed by atoms with E-state index in [0.717, 1.165) is 22.0 Å². The third-order valence-electron chi connectivity index (χ3n) is 6.33. The topological polar surface area (TPSA) is 73.4 Å². The largest absolute Gasteiger partial charge is 0.507 e. The number of fused-ring (bicyclic) bond motifs is 1. The first kappa shape index (κ1) is 21.6. The summed E-state index contributed by atoms with van der Waals surface area (Å²) in [4.78, 5) is 30.9. The zero-order valence-electron chi connectivity index (χ0n) is 18.6. The molecule has 2 N–H and O–H groups in total. The Morgan fingerprint density at radius 2 is 1.79 bits per heavy atom. The molecule has 1 aromatic heterocycles. The molecule has 1 atom stereocenters. The van der Waals surface area contributed by atoms with Gasteiger partial charge < -0.3 is 15.0 Å². The van der Waals surface area contributed by atoms with Crippen molar-refractivity contribution >= 4 is 28.4 Å². The van der Waals surface area contributed by atoms with Crippen LogP contribution in [0, 0.1) is 12.7 Å². The summed E-state index contributed by atoms with van der Waals surface area (Å²) >= 11 is 0. The summed E-state index contributed by atoms with van der Waals surface area (Å²) in [5.74, 6) is -2.22. The molecule has 0 saturated carbocycles. The Hall–Kier alpha value is -4.19. The summed E-state index contributed by atoms with van der Waals surface area (Å²) in [6.45, 7) is 2.15. The lowest BCUT2D eigenvalue weighted by molar-refractivity contribution is -0.139. The number of H-pyrrole nitrogens is 1. The molecule has 34 heavy (non-hydrogen) atoms. The van der Waals surface area contributed by atoms with E-state index in [0.29, 0.717) is 17.5 Å². The number of hydrogen-bond donors (Lipinski definition) is 2. The summed E-state index contributed by atoms with van der Waals surface area (Å²) in [6, 6.07) is 19.8. The molecule has 0 radical (unpaired) electrons. The number of amides is 1. The number of benzene rings is 3. The number of aryl methyl sites for hydroxylation is 1. The van der Waals surface area contributed by atoms with Gasteiger partial charge in [-0.1, -0.05) is 60.2 Å². The van der Waals surface area contributed by atoms with Crippen molar-refractivity contribution in [3.05, 3.63) is 113 Å². The van der Waals surface area contributed by atoms with Crippen LogP contribution < -0.4 is 0 Å². The van der Waals surface area contributed by atoms with Crippen LogP contribution >= 0.6 is 0 Å². The maximum atomic E-state index is 14.2. The Labute approximate surface area is 196 Å². The van der Waals surface area contributed by atoms with E-state index >= 15 is 0 Å². The maximum absolute atomic E-state index is 14.2. The van der Waals surface area contributed by atoms with Gasteiger partial charge in [0.25, 0.3) is 11.7 Å². The number of aromatic amines is 1. The fourth-order valence-electron chi connectivity index (χ4n) is 4.58. The molecule has 0 bridgehead atoms. The van der Waals surface area contributed by atoms with Crippen molar-refractivity contribution in [1.29, 1.82) is 0 Å². The zero-order valence-corrected chi connectivity index (χ0v) is 18.6. The molecule has 1 fully saturated rings. The van der Waals surface area contributed by atoms with E-state index in [9.17, 15) is 19.1 Å². The first-order valence-electron chi connectivity index (χ1n) is 11.1. The Morgan fingerprint density at radius 1 is 1.03 bits per heavy atom. The Bertz CT molecular complexity index is 1440. The van der Waals surface area contributed by atoms with E-state index in [1.165, 1.54) is 23.1 Å². The molecule has 6 heteroatoms. The van der Waals surface area contributed by atoms with Crippen LogP contribution in [0.1, 0.15) is 28.3 Å².